The summed E-state index contributed by atoms with van der Waals surface area (Å²) in [5, 5.41) is 7.72. The summed E-state index contributed by atoms with van der Waals surface area (Å²) >= 11 is 0. The summed E-state index contributed by atoms with van der Waals surface area (Å²) in [6, 6.07) is 3.79. The predicted molar refractivity (Wildman–Crippen MR) is 109 cm³/mol. The van der Waals surface area contributed by atoms with Crippen molar-refractivity contribution in [3.63, 3.8) is 0 Å². The molecule has 1 aliphatic rings. The number of benzene rings is 1. The third-order valence-electron chi connectivity index (χ3n) is 6.90. The van der Waals surface area contributed by atoms with Crippen molar-refractivity contribution in [3.05, 3.63) is 29.7 Å². The molecule has 144 valence electrons. The number of hydrogen-bond donors (Lipinski definition) is 1. The zero-order chi connectivity index (χ0) is 19.2. The smallest absolute Gasteiger partial charge is 0.191 e. The van der Waals surface area contributed by atoms with Crippen LogP contribution in [-0.4, -0.2) is 25.1 Å². The minimum absolute atomic E-state index is 0.0353. The van der Waals surface area contributed by atoms with E-state index in [0.717, 1.165) is 43.4 Å². The maximum absolute atomic E-state index is 14.4. The number of nitrogens with one attached hydrogen (secondary N) is 1. The highest BCUT2D eigenvalue weighted by molar-refractivity contribution is 6.74. The Kier molecular flexibility index (Phi) is 5.08. The number of hydrogen-bond acceptors (Lipinski definition) is 2. The van der Waals surface area contributed by atoms with Crippen LogP contribution >= 0.6 is 0 Å². The molecule has 1 aliphatic carbocycles. The minimum Gasteiger partial charge on any atom is -0.417 e. The zero-order valence-corrected chi connectivity index (χ0v) is 18.1. The monoisotopic (exact) mass is 376 g/mol. The van der Waals surface area contributed by atoms with Gasteiger partial charge in [0.05, 0.1) is 17.1 Å². The number of halogens is 1. The second-order valence-electron chi connectivity index (χ2n) is 9.86. The average molecular weight is 377 g/mol. The average Bonchev–Trinajstić information content (AvgIpc) is 3.02. The van der Waals surface area contributed by atoms with Crippen LogP contribution in [0.2, 0.25) is 18.1 Å². The first-order chi connectivity index (χ1) is 12.0. The number of nitrogens with zero attached hydrogens (tertiary/aromatic N) is 1. The van der Waals surface area contributed by atoms with Gasteiger partial charge in [-0.25, -0.2) is 4.39 Å². The molecule has 0 radical (unpaired) electrons. The van der Waals surface area contributed by atoms with E-state index in [1.165, 1.54) is 0 Å². The Balaban J connectivity index is 1.65. The third kappa shape index (κ3) is 3.74. The summed E-state index contributed by atoms with van der Waals surface area (Å²) in [6.07, 6.45) is 6.02. The minimum atomic E-state index is -1.68. The largest absolute Gasteiger partial charge is 0.417 e. The lowest BCUT2D eigenvalue weighted by atomic mass is 9.68. The molecule has 1 heterocycles. The van der Waals surface area contributed by atoms with E-state index >= 15 is 0 Å². The predicted octanol–water partition coefficient (Wildman–Crippen LogP) is 6.17. The van der Waals surface area contributed by atoms with Crippen LogP contribution in [0, 0.1) is 11.7 Å². The van der Waals surface area contributed by atoms with Gasteiger partial charge in [-0.15, -0.1) is 0 Å². The summed E-state index contributed by atoms with van der Waals surface area (Å²) < 4.78 is 20.8. The van der Waals surface area contributed by atoms with Gasteiger partial charge in [0, 0.05) is 6.61 Å². The van der Waals surface area contributed by atoms with Crippen molar-refractivity contribution < 1.29 is 8.82 Å². The number of aromatic nitrogens is 2. The molecule has 3 nitrogen and oxygen atoms in total. The fourth-order valence-electron chi connectivity index (χ4n) is 3.67. The maximum Gasteiger partial charge on any atom is 0.191 e. The molecule has 1 N–H and O–H groups in total. The van der Waals surface area contributed by atoms with Crippen molar-refractivity contribution in [2.24, 2.45) is 5.92 Å². The van der Waals surface area contributed by atoms with E-state index < -0.39 is 8.32 Å². The third-order valence-corrected chi connectivity index (χ3v) is 11.4. The Morgan fingerprint density at radius 1 is 1.27 bits per heavy atom. The van der Waals surface area contributed by atoms with Crippen LogP contribution < -0.4 is 0 Å². The van der Waals surface area contributed by atoms with Gasteiger partial charge in [0.25, 0.3) is 0 Å². The SMILES string of the molecule is CC1(c2cc(F)c3cn[nH]c3c2)CCC(CO[Si](C)(C)C(C)(C)C)CC1. The molecule has 0 atom stereocenters. The quantitative estimate of drug-likeness (QED) is 0.648. The molecule has 1 fully saturated rings. The van der Waals surface area contributed by atoms with Crippen LogP contribution in [0.25, 0.3) is 10.9 Å². The summed E-state index contributed by atoms with van der Waals surface area (Å²) in [5.41, 5.74) is 1.92. The van der Waals surface area contributed by atoms with Gasteiger partial charge in [-0.1, -0.05) is 27.7 Å². The lowest BCUT2D eigenvalue weighted by Crippen LogP contribution is -2.42. The van der Waals surface area contributed by atoms with E-state index in [1.54, 1.807) is 12.3 Å². The maximum atomic E-state index is 14.4. The van der Waals surface area contributed by atoms with Gasteiger partial charge in [-0.3, -0.25) is 5.10 Å². The van der Waals surface area contributed by atoms with Crippen LogP contribution in [-0.2, 0) is 9.84 Å². The molecular formula is C21H33FN2OSi. The van der Waals surface area contributed by atoms with Crippen molar-refractivity contribution in [2.75, 3.05) is 6.61 Å². The van der Waals surface area contributed by atoms with Crippen LogP contribution in [0.5, 0.6) is 0 Å². The van der Waals surface area contributed by atoms with Gasteiger partial charge >= 0.3 is 0 Å². The van der Waals surface area contributed by atoms with Gasteiger partial charge in [0.1, 0.15) is 5.82 Å². The summed E-state index contributed by atoms with van der Waals surface area (Å²) in [5.74, 6) is 0.453. The van der Waals surface area contributed by atoms with Crippen molar-refractivity contribution in [3.8, 4) is 0 Å². The Bertz CT molecular complexity index is 770. The van der Waals surface area contributed by atoms with E-state index in [2.05, 4.69) is 57.1 Å². The standard InChI is InChI=1S/C21H33FN2OSi/c1-20(2,3)26(5,6)25-14-15-7-9-21(4,10-8-15)16-11-18(22)17-13-23-24-19(17)12-16/h11-13,15H,7-10,14H2,1-6H3,(H,23,24). The number of rotatable bonds is 4. The Morgan fingerprint density at radius 3 is 2.54 bits per heavy atom. The molecule has 0 bridgehead atoms. The fraction of sp³-hybridized carbons (Fsp3) is 0.667. The van der Waals surface area contributed by atoms with Gasteiger partial charge in [-0.05, 0) is 72.8 Å². The summed E-state index contributed by atoms with van der Waals surface area (Å²) in [6.45, 7) is 14.7. The second-order valence-corrected chi connectivity index (χ2v) is 14.7. The van der Waals surface area contributed by atoms with E-state index in [9.17, 15) is 4.39 Å². The first kappa shape index (κ1) is 19.6. The molecule has 0 spiro atoms. The van der Waals surface area contributed by atoms with Crippen molar-refractivity contribution in [1.29, 1.82) is 0 Å². The Morgan fingerprint density at radius 2 is 1.92 bits per heavy atom. The topological polar surface area (TPSA) is 37.9 Å². The molecule has 3 rings (SSSR count). The summed E-state index contributed by atoms with van der Waals surface area (Å²) in [4.78, 5) is 0. The fourth-order valence-corrected chi connectivity index (χ4v) is 4.75. The molecular weight excluding hydrogens is 343 g/mol. The second kappa shape index (κ2) is 6.75. The Labute approximate surface area is 157 Å². The van der Waals surface area contributed by atoms with Crippen molar-refractivity contribution in [2.45, 2.75) is 76.9 Å². The molecule has 5 heteroatoms. The normalized spacial score (nSPS) is 25.0. The van der Waals surface area contributed by atoms with Crippen LogP contribution in [0.15, 0.2) is 18.3 Å². The molecule has 0 unspecified atom stereocenters. The van der Waals surface area contributed by atoms with Crippen LogP contribution in [0.1, 0.15) is 58.9 Å². The zero-order valence-electron chi connectivity index (χ0n) is 17.1. The van der Waals surface area contributed by atoms with Gasteiger partial charge in [-0.2, -0.15) is 5.10 Å². The molecule has 26 heavy (non-hydrogen) atoms. The molecule has 2 aromatic rings. The highest BCUT2D eigenvalue weighted by atomic mass is 28.4. The molecule has 1 aromatic heterocycles. The molecule has 0 amide bonds. The van der Waals surface area contributed by atoms with E-state index in [1.807, 2.05) is 0 Å². The molecule has 1 saturated carbocycles. The first-order valence-electron chi connectivity index (χ1n) is 9.79. The van der Waals surface area contributed by atoms with Gasteiger partial charge < -0.3 is 4.43 Å². The number of fused-ring (bicyclic) bond motifs is 1. The summed E-state index contributed by atoms with van der Waals surface area (Å²) in [7, 11) is -1.68. The highest BCUT2D eigenvalue weighted by Gasteiger charge is 2.39. The van der Waals surface area contributed by atoms with Crippen LogP contribution in [0.3, 0.4) is 0 Å². The van der Waals surface area contributed by atoms with E-state index in [-0.39, 0.29) is 16.3 Å². The number of H-pyrrole nitrogens is 1. The van der Waals surface area contributed by atoms with E-state index in [0.29, 0.717) is 11.3 Å². The van der Waals surface area contributed by atoms with Gasteiger partial charge in [0.2, 0.25) is 0 Å². The van der Waals surface area contributed by atoms with Crippen molar-refractivity contribution in [1.82, 2.24) is 10.2 Å². The van der Waals surface area contributed by atoms with Gasteiger partial charge in [0.15, 0.2) is 8.32 Å². The molecule has 1 aromatic carbocycles. The lowest BCUT2D eigenvalue weighted by Gasteiger charge is -2.41. The van der Waals surface area contributed by atoms with Crippen LogP contribution in [0.4, 0.5) is 4.39 Å². The highest BCUT2D eigenvalue weighted by Crippen LogP contribution is 2.43. The Hall–Kier alpha value is -1.20. The van der Waals surface area contributed by atoms with E-state index in [4.69, 9.17) is 4.43 Å². The lowest BCUT2D eigenvalue weighted by molar-refractivity contribution is 0.161. The van der Waals surface area contributed by atoms with Crippen molar-refractivity contribution >= 4 is 19.2 Å². The number of aromatic amines is 1. The first-order valence-corrected chi connectivity index (χ1v) is 12.7. The molecule has 0 aliphatic heterocycles. The molecule has 0 saturated heterocycles.